The maximum atomic E-state index is 14.1. The van der Waals surface area contributed by atoms with E-state index in [-0.39, 0.29) is 89.5 Å². The molecule has 9 N–H and O–H groups in total. The van der Waals surface area contributed by atoms with Crippen LogP contribution in [0.5, 0.6) is 46.4 Å². The number of carbonyl (C=O) groups is 3. The molecular formula is C66H51F3N12O14S3. The van der Waals surface area contributed by atoms with Gasteiger partial charge in [0.05, 0.1) is 62.0 Å². The van der Waals surface area contributed by atoms with Gasteiger partial charge < -0.3 is 39.6 Å². The van der Waals surface area contributed by atoms with E-state index < -0.39 is 65.2 Å². The first-order valence-electron chi connectivity index (χ1n) is 28.3. The molecule has 32 heteroatoms. The highest BCUT2D eigenvalue weighted by molar-refractivity contribution is 7.89. The van der Waals surface area contributed by atoms with Gasteiger partial charge in [0.25, 0.3) is 35.4 Å². The second-order valence-electron chi connectivity index (χ2n) is 20.5. The van der Waals surface area contributed by atoms with Gasteiger partial charge >= 0.3 is 0 Å². The number of carbonyl (C=O) groups excluding carboxylic acids is 3. The van der Waals surface area contributed by atoms with Crippen LogP contribution in [0.1, 0.15) is 37.0 Å². The number of primary sulfonamides is 3. The van der Waals surface area contributed by atoms with Crippen molar-refractivity contribution in [3.63, 3.8) is 0 Å². The number of aryl methyl sites for hydroxylation is 1. The van der Waals surface area contributed by atoms with Crippen LogP contribution in [0.2, 0.25) is 0 Å². The van der Waals surface area contributed by atoms with Crippen molar-refractivity contribution in [2.24, 2.45) is 15.4 Å². The molecular weight excluding hydrogens is 1340 g/mol. The molecule has 3 aromatic heterocycles. The summed E-state index contributed by atoms with van der Waals surface area (Å²) in [6.07, 6.45) is 0. The number of nitrogens with one attached hydrogen (secondary N) is 3. The molecule has 0 bridgehead atoms. The Bertz CT molecular complexity index is 5480. The predicted octanol–water partition coefficient (Wildman–Crippen LogP) is 10.7. The Hall–Kier alpha value is -12.1. The van der Waals surface area contributed by atoms with E-state index in [2.05, 4.69) is 45.9 Å². The molecule has 0 saturated heterocycles. The highest BCUT2D eigenvalue weighted by Crippen LogP contribution is 2.35. The van der Waals surface area contributed by atoms with Crippen molar-refractivity contribution in [1.82, 2.24) is 29.9 Å². The average Bonchev–Trinajstić information content (AvgIpc) is 0.803. The van der Waals surface area contributed by atoms with E-state index in [9.17, 15) is 52.8 Å². The lowest BCUT2D eigenvalue weighted by atomic mass is 10.2. The first kappa shape index (κ1) is 68.8. The fraction of sp³-hybridized carbons (Fsp3) is 0.0455. The van der Waals surface area contributed by atoms with Gasteiger partial charge in [-0.15, -0.1) is 0 Å². The van der Waals surface area contributed by atoms with E-state index in [4.69, 9.17) is 39.1 Å². The summed E-state index contributed by atoms with van der Waals surface area (Å²) in [4.78, 5) is 64.8. The van der Waals surface area contributed by atoms with Crippen molar-refractivity contribution < 1.29 is 76.5 Å². The lowest BCUT2D eigenvalue weighted by Crippen LogP contribution is -2.17. The van der Waals surface area contributed by atoms with Crippen molar-refractivity contribution >= 4 is 98.0 Å². The van der Waals surface area contributed by atoms with Gasteiger partial charge in [0.2, 0.25) is 30.1 Å². The number of sulfonamides is 3. The zero-order valence-corrected chi connectivity index (χ0v) is 53.5. The largest absolute Gasteiger partial charge is 0.494 e. The van der Waals surface area contributed by atoms with E-state index in [1.54, 1.807) is 79.7 Å². The zero-order valence-electron chi connectivity index (χ0n) is 51.0. The summed E-state index contributed by atoms with van der Waals surface area (Å²) in [5.41, 5.74) is 3.26. The minimum atomic E-state index is -3.96. The van der Waals surface area contributed by atoms with Gasteiger partial charge in [-0.1, -0.05) is 54.6 Å². The van der Waals surface area contributed by atoms with Crippen LogP contribution in [0, 0.1) is 24.4 Å². The minimum Gasteiger partial charge on any atom is -0.494 e. The molecule has 0 saturated carbocycles. The van der Waals surface area contributed by atoms with Gasteiger partial charge in [0.15, 0.2) is 40.1 Å². The molecule has 12 aromatic rings. The summed E-state index contributed by atoms with van der Waals surface area (Å²) in [5, 5.41) is 23.2. The van der Waals surface area contributed by atoms with E-state index >= 15 is 0 Å². The fourth-order valence-electron chi connectivity index (χ4n) is 8.92. The molecule has 98 heavy (non-hydrogen) atoms. The standard InChI is InChI=1S/2C22H17FN4O5S.C22H17FN4O4S/c1-31-19-11-13(23)9-10-18(19)32-22-20(26-16-7-2-3-8-17(16)27-22)21(28)25-14-5-4-6-15(12-14)33(24,29)30;1-31-19-10-9-14(12-16(19)23)32-22-20(26-17-7-2-3-8-18(17)27-22)21(28)25-13-5-4-6-15(11-13)33(24,29)30;1-13-11-14(23)9-10-19(13)31-22-20(26-17-7-2-3-8-18(17)27-22)21(28)25-15-5-4-6-16(12-15)32(24,29)30/h2*2-12H,1H3,(H,25,28)(H2,24,29,30);2-12H,1H3,(H,25,28)(H2,24,29,30). The van der Waals surface area contributed by atoms with Crippen molar-refractivity contribution in [3.05, 3.63) is 240 Å². The number of nitrogens with zero attached hydrogens (tertiary/aromatic N) is 6. The Morgan fingerprint density at radius 2 is 0.704 bits per heavy atom. The molecule has 3 amide bonds. The lowest BCUT2D eigenvalue weighted by molar-refractivity contribution is 0.101. The summed E-state index contributed by atoms with van der Waals surface area (Å²) in [7, 11) is -9.19. The Kier molecular flexibility index (Phi) is 20.6. The molecule has 0 unspecified atom stereocenters. The second kappa shape index (κ2) is 29.3. The minimum absolute atomic E-state index is 0.0275. The smallest absolute Gasteiger partial charge is 0.279 e. The molecule has 9 aromatic carbocycles. The lowest BCUT2D eigenvalue weighted by Gasteiger charge is -2.13. The third kappa shape index (κ3) is 17.1. The monoisotopic (exact) mass is 1390 g/mol. The number of nitrogens with two attached hydrogens (primary N) is 3. The Balaban J connectivity index is 0.000000159. The number of aromatic nitrogens is 6. The topological polar surface area (TPSA) is 391 Å². The van der Waals surface area contributed by atoms with E-state index in [0.717, 1.165) is 12.1 Å². The molecule has 0 aliphatic rings. The van der Waals surface area contributed by atoms with Crippen molar-refractivity contribution in [1.29, 1.82) is 0 Å². The molecule has 0 atom stereocenters. The number of amides is 3. The third-order valence-electron chi connectivity index (χ3n) is 13.5. The number of fused-ring (bicyclic) bond motifs is 3. The predicted molar refractivity (Wildman–Crippen MR) is 353 cm³/mol. The van der Waals surface area contributed by atoms with Gasteiger partial charge in [-0.2, -0.15) is 0 Å². The van der Waals surface area contributed by atoms with Crippen LogP contribution in [-0.4, -0.2) is 87.1 Å². The molecule has 26 nitrogen and oxygen atoms in total. The SMILES string of the molecule is COc1cc(F)ccc1Oc1nc2ccccc2nc1C(=O)Nc1cccc(S(N)(=O)=O)c1.COc1ccc(Oc2nc3ccccc3nc2C(=O)Nc2cccc(S(N)(=O)=O)c2)cc1F.Cc1cc(F)ccc1Oc1nc2ccccc2nc1C(=O)Nc1cccc(S(N)(=O)=O)c1. The third-order valence-corrected chi connectivity index (χ3v) is 16.3. The molecule has 12 rings (SSSR count). The zero-order chi connectivity index (χ0) is 70.1. The molecule has 0 fully saturated rings. The number of halogens is 3. The van der Waals surface area contributed by atoms with Crippen LogP contribution < -0.4 is 55.1 Å². The summed E-state index contributed by atoms with van der Waals surface area (Å²) in [6.45, 7) is 1.66. The van der Waals surface area contributed by atoms with Crippen LogP contribution in [0.25, 0.3) is 33.1 Å². The maximum Gasteiger partial charge on any atom is 0.279 e. The summed E-state index contributed by atoms with van der Waals surface area (Å²) in [6, 6.07) is 48.4. The number of ether oxygens (including phenoxy) is 5. The van der Waals surface area contributed by atoms with Gasteiger partial charge in [-0.3, -0.25) is 14.4 Å². The number of rotatable bonds is 17. The number of benzene rings is 9. The molecule has 3 heterocycles. The average molecular weight is 1390 g/mol. The van der Waals surface area contributed by atoms with Crippen molar-refractivity contribution in [3.8, 4) is 46.4 Å². The highest BCUT2D eigenvalue weighted by atomic mass is 32.2. The summed E-state index contributed by atoms with van der Waals surface area (Å²) < 4.78 is 138. The van der Waals surface area contributed by atoms with Gasteiger partial charge in [-0.25, -0.2) is 83.7 Å². The quantitative estimate of drug-likeness (QED) is 0.0493. The van der Waals surface area contributed by atoms with E-state index in [0.29, 0.717) is 44.4 Å². The fourth-order valence-corrected chi connectivity index (χ4v) is 10.6. The molecule has 0 aliphatic heterocycles. The first-order chi connectivity index (χ1) is 46.7. The number of para-hydroxylation sites is 6. The molecule has 0 aliphatic carbocycles. The maximum absolute atomic E-state index is 14.1. The molecule has 498 valence electrons. The van der Waals surface area contributed by atoms with Gasteiger partial charge in [-0.05, 0) is 146 Å². The van der Waals surface area contributed by atoms with Crippen LogP contribution in [0.15, 0.2) is 215 Å². The Labute approximate surface area is 555 Å². The normalized spacial score (nSPS) is 11.3. The van der Waals surface area contributed by atoms with Gasteiger partial charge in [0, 0.05) is 29.2 Å². The van der Waals surface area contributed by atoms with Crippen LogP contribution in [0.3, 0.4) is 0 Å². The Morgan fingerprint density at radius 3 is 1.06 bits per heavy atom. The van der Waals surface area contributed by atoms with E-state index in [1.807, 2.05) is 0 Å². The van der Waals surface area contributed by atoms with Crippen molar-refractivity contribution in [2.75, 3.05) is 30.2 Å². The highest BCUT2D eigenvalue weighted by Gasteiger charge is 2.25. The molecule has 0 spiro atoms. The number of hydrogen-bond donors (Lipinski definition) is 6. The van der Waals surface area contributed by atoms with Crippen LogP contribution in [0.4, 0.5) is 30.2 Å². The number of methoxy groups -OCH3 is 2. The first-order valence-corrected chi connectivity index (χ1v) is 32.9. The van der Waals surface area contributed by atoms with Crippen LogP contribution in [-0.2, 0) is 30.1 Å². The summed E-state index contributed by atoms with van der Waals surface area (Å²) in [5.74, 6) is -3.51. The van der Waals surface area contributed by atoms with E-state index in [1.165, 1.54) is 129 Å². The molecule has 0 radical (unpaired) electrons. The van der Waals surface area contributed by atoms with Crippen molar-refractivity contribution in [2.45, 2.75) is 21.6 Å². The van der Waals surface area contributed by atoms with Gasteiger partial charge in [0.1, 0.15) is 23.1 Å². The second-order valence-corrected chi connectivity index (χ2v) is 25.2. The number of anilines is 3. The Morgan fingerprint density at radius 1 is 0.367 bits per heavy atom. The number of hydrogen-bond acceptors (Lipinski definition) is 20. The summed E-state index contributed by atoms with van der Waals surface area (Å²) >= 11 is 0. The van der Waals surface area contributed by atoms with Crippen LogP contribution >= 0.6 is 0 Å².